The Labute approximate surface area is 217 Å². The maximum absolute atomic E-state index is 13.3. The molecule has 0 radical (unpaired) electrons. The third-order valence-corrected chi connectivity index (χ3v) is 6.63. The van der Waals surface area contributed by atoms with E-state index in [0.29, 0.717) is 23.9 Å². The number of benzene rings is 3. The number of fused-ring (bicyclic) bond motifs is 2. The fourth-order valence-electron chi connectivity index (χ4n) is 4.75. The molecule has 0 aliphatic carbocycles. The molecule has 7 nitrogen and oxygen atoms in total. The van der Waals surface area contributed by atoms with Crippen LogP contribution >= 0.6 is 0 Å². The summed E-state index contributed by atoms with van der Waals surface area (Å²) in [5.74, 6) is -0.597. The van der Waals surface area contributed by atoms with Crippen molar-refractivity contribution in [3.63, 3.8) is 0 Å². The van der Waals surface area contributed by atoms with Crippen molar-refractivity contribution in [2.24, 2.45) is 11.8 Å². The Morgan fingerprint density at radius 3 is 2.35 bits per heavy atom. The molecule has 0 spiro atoms. The molecule has 0 saturated carbocycles. The van der Waals surface area contributed by atoms with Crippen molar-refractivity contribution < 1.29 is 14.7 Å². The van der Waals surface area contributed by atoms with Crippen LogP contribution in [0.4, 0.5) is 0 Å². The zero-order valence-electron chi connectivity index (χ0n) is 21.5. The van der Waals surface area contributed by atoms with Crippen LogP contribution in [0, 0.1) is 11.8 Å². The van der Waals surface area contributed by atoms with E-state index >= 15 is 0 Å². The standard InChI is InChI=1S/C30H34N4O3/c1-19(2)14-23(29(36)31-3)17-28(35)26(16-20-12-13-21-8-4-5-9-22(21)15-20)34-30(37)27-18-32-24-10-6-7-11-25(24)33-27/h4-13,15,18-19,23,26,28,35H,14,16-17H2,1-3H3,(H,31,36)(H,34,37)/t23-,26+,28+/m1/s1. The van der Waals surface area contributed by atoms with Gasteiger partial charge in [0, 0.05) is 13.0 Å². The van der Waals surface area contributed by atoms with Gasteiger partial charge in [-0.15, -0.1) is 0 Å². The molecule has 3 atom stereocenters. The Balaban J connectivity index is 1.60. The Morgan fingerprint density at radius 2 is 1.62 bits per heavy atom. The molecule has 192 valence electrons. The van der Waals surface area contributed by atoms with E-state index in [0.717, 1.165) is 16.3 Å². The summed E-state index contributed by atoms with van der Waals surface area (Å²) >= 11 is 0. The van der Waals surface area contributed by atoms with Gasteiger partial charge >= 0.3 is 0 Å². The summed E-state index contributed by atoms with van der Waals surface area (Å²) in [6, 6.07) is 20.9. The number of para-hydroxylation sites is 2. The van der Waals surface area contributed by atoms with Crippen molar-refractivity contribution >= 4 is 33.6 Å². The molecule has 0 saturated heterocycles. The molecule has 4 rings (SSSR count). The number of hydrogen-bond acceptors (Lipinski definition) is 5. The highest BCUT2D eigenvalue weighted by Gasteiger charge is 2.29. The van der Waals surface area contributed by atoms with Gasteiger partial charge in [0.05, 0.1) is 29.4 Å². The number of carbonyl (C=O) groups excluding carboxylic acids is 2. The second-order valence-electron chi connectivity index (χ2n) is 9.95. The van der Waals surface area contributed by atoms with Crippen molar-refractivity contribution in [2.45, 2.75) is 45.3 Å². The molecule has 1 heterocycles. The summed E-state index contributed by atoms with van der Waals surface area (Å²) in [7, 11) is 1.61. The summed E-state index contributed by atoms with van der Waals surface area (Å²) < 4.78 is 0. The monoisotopic (exact) mass is 498 g/mol. The Morgan fingerprint density at radius 1 is 0.919 bits per heavy atom. The van der Waals surface area contributed by atoms with Crippen molar-refractivity contribution in [2.75, 3.05) is 7.05 Å². The van der Waals surface area contributed by atoms with Gasteiger partial charge in [-0.25, -0.2) is 4.98 Å². The highest BCUT2D eigenvalue weighted by Crippen LogP contribution is 2.22. The van der Waals surface area contributed by atoms with Gasteiger partial charge in [-0.05, 0) is 53.6 Å². The van der Waals surface area contributed by atoms with E-state index < -0.39 is 18.1 Å². The number of nitrogens with one attached hydrogen (secondary N) is 2. The van der Waals surface area contributed by atoms with Gasteiger partial charge < -0.3 is 15.7 Å². The summed E-state index contributed by atoms with van der Waals surface area (Å²) in [6.45, 7) is 4.10. The minimum Gasteiger partial charge on any atom is -0.391 e. The molecule has 3 aromatic carbocycles. The van der Waals surface area contributed by atoms with E-state index in [1.54, 1.807) is 13.1 Å². The number of aliphatic hydroxyl groups is 1. The maximum Gasteiger partial charge on any atom is 0.271 e. The third-order valence-electron chi connectivity index (χ3n) is 6.63. The summed E-state index contributed by atoms with van der Waals surface area (Å²) in [6.07, 6.45) is 1.79. The van der Waals surface area contributed by atoms with Gasteiger partial charge in [0.15, 0.2) is 0 Å². The predicted octanol–water partition coefficient (Wildman–Crippen LogP) is 4.28. The second-order valence-corrected chi connectivity index (χ2v) is 9.95. The molecule has 0 aliphatic rings. The Hall–Kier alpha value is -3.84. The zero-order valence-corrected chi connectivity index (χ0v) is 21.5. The molecule has 0 aliphatic heterocycles. The van der Waals surface area contributed by atoms with Crippen LogP contribution in [-0.4, -0.2) is 46.1 Å². The summed E-state index contributed by atoms with van der Waals surface area (Å²) in [4.78, 5) is 34.6. The number of rotatable bonds is 10. The Kier molecular flexibility index (Phi) is 8.46. The van der Waals surface area contributed by atoms with Gasteiger partial charge in [0.2, 0.25) is 5.91 Å². The van der Waals surface area contributed by atoms with Crippen LogP contribution < -0.4 is 10.6 Å². The van der Waals surface area contributed by atoms with E-state index in [4.69, 9.17) is 0 Å². The molecular weight excluding hydrogens is 464 g/mol. The van der Waals surface area contributed by atoms with E-state index in [1.807, 2.05) is 54.6 Å². The molecule has 2 amide bonds. The lowest BCUT2D eigenvalue weighted by Crippen LogP contribution is -2.47. The van der Waals surface area contributed by atoms with Crippen molar-refractivity contribution in [3.05, 3.63) is 84.2 Å². The average Bonchev–Trinajstić information content (AvgIpc) is 2.91. The first kappa shape index (κ1) is 26.2. The highest BCUT2D eigenvalue weighted by atomic mass is 16.3. The first-order valence-electron chi connectivity index (χ1n) is 12.7. The van der Waals surface area contributed by atoms with Crippen molar-refractivity contribution in [1.29, 1.82) is 0 Å². The first-order valence-corrected chi connectivity index (χ1v) is 12.7. The van der Waals surface area contributed by atoms with Gasteiger partial charge in [0.1, 0.15) is 5.69 Å². The fraction of sp³-hybridized carbons (Fsp3) is 0.333. The Bertz CT molecular complexity index is 1390. The number of nitrogens with zero attached hydrogens (tertiary/aromatic N) is 2. The topological polar surface area (TPSA) is 104 Å². The molecular formula is C30H34N4O3. The lowest BCUT2D eigenvalue weighted by atomic mass is 9.87. The van der Waals surface area contributed by atoms with Crippen molar-refractivity contribution in [1.82, 2.24) is 20.6 Å². The minimum atomic E-state index is -0.940. The molecule has 3 N–H and O–H groups in total. The first-order chi connectivity index (χ1) is 17.8. The third kappa shape index (κ3) is 6.68. The molecule has 4 aromatic rings. The van der Waals surface area contributed by atoms with E-state index in [9.17, 15) is 14.7 Å². The predicted molar refractivity (Wildman–Crippen MR) is 146 cm³/mol. The number of aromatic nitrogens is 2. The largest absolute Gasteiger partial charge is 0.391 e. The zero-order chi connectivity index (χ0) is 26.4. The van der Waals surface area contributed by atoms with E-state index in [-0.39, 0.29) is 29.9 Å². The van der Waals surface area contributed by atoms with Crippen molar-refractivity contribution in [3.8, 4) is 0 Å². The molecule has 0 fully saturated rings. The van der Waals surface area contributed by atoms with Gasteiger partial charge in [-0.2, -0.15) is 0 Å². The lowest BCUT2D eigenvalue weighted by Gasteiger charge is -2.28. The van der Waals surface area contributed by atoms with Gasteiger partial charge in [-0.3, -0.25) is 14.6 Å². The smallest absolute Gasteiger partial charge is 0.271 e. The van der Waals surface area contributed by atoms with Crippen LogP contribution in [0.15, 0.2) is 72.9 Å². The molecule has 1 aromatic heterocycles. The number of aliphatic hydroxyl groups excluding tert-OH is 1. The van der Waals surface area contributed by atoms with Crippen LogP contribution in [-0.2, 0) is 11.2 Å². The SMILES string of the molecule is CNC(=O)[C@H](CC(C)C)C[C@H](O)[C@H](Cc1ccc2ccccc2c1)NC(=O)c1cnc2ccccc2n1. The van der Waals surface area contributed by atoms with E-state index in [2.05, 4.69) is 40.5 Å². The van der Waals surface area contributed by atoms with Crippen LogP contribution in [0.5, 0.6) is 0 Å². The second kappa shape index (κ2) is 11.9. The summed E-state index contributed by atoms with van der Waals surface area (Å²) in [5.41, 5.74) is 2.49. The van der Waals surface area contributed by atoms with Crippen LogP contribution in [0.25, 0.3) is 21.8 Å². The molecule has 0 unspecified atom stereocenters. The minimum absolute atomic E-state index is 0.107. The van der Waals surface area contributed by atoms with Crippen LogP contribution in [0.1, 0.15) is 42.7 Å². The van der Waals surface area contributed by atoms with Crippen LogP contribution in [0.3, 0.4) is 0 Å². The quantitative estimate of drug-likeness (QED) is 0.303. The normalized spacial score (nSPS) is 13.9. The van der Waals surface area contributed by atoms with Gasteiger partial charge in [0.25, 0.3) is 5.91 Å². The number of hydrogen-bond donors (Lipinski definition) is 3. The molecule has 0 bridgehead atoms. The fourth-order valence-corrected chi connectivity index (χ4v) is 4.75. The van der Waals surface area contributed by atoms with Gasteiger partial charge in [-0.1, -0.05) is 68.4 Å². The molecule has 7 heteroatoms. The number of carbonyl (C=O) groups is 2. The molecule has 37 heavy (non-hydrogen) atoms. The highest BCUT2D eigenvalue weighted by molar-refractivity contribution is 5.94. The maximum atomic E-state index is 13.3. The average molecular weight is 499 g/mol. The van der Waals surface area contributed by atoms with E-state index in [1.165, 1.54) is 6.20 Å². The lowest BCUT2D eigenvalue weighted by molar-refractivity contribution is -0.126. The van der Waals surface area contributed by atoms with Crippen LogP contribution in [0.2, 0.25) is 0 Å². The number of amides is 2. The summed E-state index contributed by atoms with van der Waals surface area (Å²) in [5, 5.41) is 19.3.